The number of amides is 1. The minimum absolute atomic E-state index is 0.135. The van der Waals surface area contributed by atoms with Gasteiger partial charge in [-0.1, -0.05) is 12.1 Å². The lowest BCUT2D eigenvalue weighted by atomic mass is 10.2. The van der Waals surface area contributed by atoms with Crippen molar-refractivity contribution in [2.24, 2.45) is 0 Å². The number of rotatable bonds is 8. The molecule has 0 aromatic heterocycles. The van der Waals surface area contributed by atoms with Gasteiger partial charge in [0.05, 0.1) is 25.2 Å². The predicted molar refractivity (Wildman–Crippen MR) is 83.2 cm³/mol. The van der Waals surface area contributed by atoms with Crippen molar-refractivity contribution in [3.05, 3.63) is 34.3 Å². The summed E-state index contributed by atoms with van der Waals surface area (Å²) in [4.78, 5) is 25.6. The van der Waals surface area contributed by atoms with Crippen LogP contribution in [0.1, 0.15) is 23.7 Å². The zero-order chi connectivity index (χ0) is 15.7. The zero-order valence-corrected chi connectivity index (χ0v) is 13.9. The van der Waals surface area contributed by atoms with E-state index in [1.807, 2.05) is 12.1 Å². The molecule has 5 nitrogen and oxygen atoms in total. The molecular formula is C15H20BrNO4. The Kier molecular flexibility index (Phi) is 8.00. The second kappa shape index (κ2) is 9.52. The number of carbonyl (C=O) groups excluding carboxylic acids is 2. The Morgan fingerprint density at radius 2 is 1.95 bits per heavy atom. The van der Waals surface area contributed by atoms with E-state index < -0.39 is 0 Å². The third-order valence-electron chi connectivity index (χ3n) is 2.85. The number of benzene rings is 1. The summed E-state index contributed by atoms with van der Waals surface area (Å²) in [6, 6.07) is 7.21. The highest BCUT2D eigenvalue weighted by Gasteiger charge is 2.18. The second-order valence-corrected chi connectivity index (χ2v) is 5.17. The van der Waals surface area contributed by atoms with E-state index in [0.29, 0.717) is 31.9 Å². The van der Waals surface area contributed by atoms with Gasteiger partial charge in [-0.25, -0.2) is 0 Å². The molecule has 0 heterocycles. The van der Waals surface area contributed by atoms with Crippen molar-refractivity contribution in [1.82, 2.24) is 4.90 Å². The van der Waals surface area contributed by atoms with E-state index >= 15 is 0 Å². The van der Waals surface area contributed by atoms with Gasteiger partial charge in [0.15, 0.2) is 0 Å². The van der Waals surface area contributed by atoms with Gasteiger partial charge in [0.1, 0.15) is 0 Å². The average molecular weight is 358 g/mol. The Hall–Kier alpha value is -1.40. The summed E-state index contributed by atoms with van der Waals surface area (Å²) in [6.45, 7) is 3.25. The summed E-state index contributed by atoms with van der Waals surface area (Å²) in [5.74, 6) is -0.441. The van der Waals surface area contributed by atoms with Gasteiger partial charge in [0.2, 0.25) is 0 Å². The molecule has 1 aromatic rings. The summed E-state index contributed by atoms with van der Waals surface area (Å²) in [7, 11) is 1.58. The van der Waals surface area contributed by atoms with Gasteiger partial charge in [-0.2, -0.15) is 0 Å². The molecule has 0 unspecified atom stereocenters. The monoisotopic (exact) mass is 357 g/mol. The van der Waals surface area contributed by atoms with E-state index in [2.05, 4.69) is 15.9 Å². The molecule has 0 saturated heterocycles. The Bertz CT molecular complexity index is 478. The predicted octanol–water partition coefficient (Wildman–Crippen LogP) is 2.49. The normalized spacial score (nSPS) is 10.2. The fourth-order valence-corrected chi connectivity index (χ4v) is 2.24. The third kappa shape index (κ3) is 5.85. The first-order chi connectivity index (χ1) is 10.1. The number of halogens is 1. The molecule has 0 bridgehead atoms. The molecule has 1 amide bonds. The molecule has 0 atom stereocenters. The number of hydrogen-bond donors (Lipinski definition) is 0. The molecule has 6 heteroatoms. The van der Waals surface area contributed by atoms with E-state index in [4.69, 9.17) is 9.47 Å². The molecule has 21 heavy (non-hydrogen) atoms. The number of hydrogen-bond acceptors (Lipinski definition) is 4. The van der Waals surface area contributed by atoms with Crippen LogP contribution in [0.5, 0.6) is 0 Å². The molecule has 0 saturated carbocycles. The molecule has 1 rings (SSSR count). The van der Waals surface area contributed by atoms with E-state index in [0.717, 1.165) is 4.47 Å². The van der Waals surface area contributed by atoms with Crippen molar-refractivity contribution in [3.8, 4) is 0 Å². The van der Waals surface area contributed by atoms with Gasteiger partial charge in [-0.3, -0.25) is 9.59 Å². The highest BCUT2D eigenvalue weighted by atomic mass is 79.9. The summed E-state index contributed by atoms with van der Waals surface area (Å²) < 4.78 is 10.6. The first-order valence-electron chi connectivity index (χ1n) is 6.78. The second-order valence-electron chi connectivity index (χ2n) is 4.32. The standard InChI is InChI=1S/C15H20BrNO4/c1-3-21-14(18)8-9-17(10-11-20-2)15(19)12-6-4-5-7-13(12)16/h4-7H,3,8-11H2,1-2H3. The summed E-state index contributed by atoms with van der Waals surface area (Å²) in [5.41, 5.74) is 0.567. The minimum Gasteiger partial charge on any atom is -0.466 e. The fourth-order valence-electron chi connectivity index (χ4n) is 1.78. The van der Waals surface area contributed by atoms with Gasteiger partial charge in [-0.15, -0.1) is 0 Å². The lowest BCUT2D eigenvalue weighted by molar-refractivity contribution is -0.143. The van der Waals surface area contributed by atoms with Crippen LogP contribution in [0, 0.1) is 0 Å². The van der Waals surface area contributed by atoms with Crippen LogP contribution in [-0.4, -0.2) is 50.2 Å². The van der Waals surface area contributed by atoms with Crippen molar-refractivity contribution in [3.63, 3.8) is 0 Å². The Morgan fingerprint density at radius 3 is 2.57 bits per heavy atom. The largest absolute Gasteiger partial charge is 0.466 e. The average Bonchev–Trinajstić information content (AvgIpc) is 2.47. The molecule has 116 valence electrons. The summed E-state index contributed by atoms with van der Waals surface area (Å²) in [5, 5.41) is 0. The van der Waals surface area contributed by atoms with Gasteiger partial charge in [0.25, 0.3) is 5.91 Å². The maximum absolute atomic E-state index is 12.5. The molecule has 0 aliphatic heterocycles. The number of methoxy groups -OCH3 is 1. The Morgan fingerprint density at radius 1 is 1.24 bits per heavy atom. The third-order valence-corrected chi connectivity index (χ3v) is 3.54. The quantitative estimate of drug-likeness (QED) is 0.670. The van der Waals surface area contributed by atoms with Crippen LogP contribution in [0.15, 0.2) is 28.7 Å². The topological polar surface area (TPSA) is 55.8 Å². The smallest absolute Gasteiger partial charge is 0.307 e. The van der Waals surface area contributed by atoms with Gasteiger partial charge >= 0.3 is 5.97 Å². The van der Waals surface area contributed by atoms with Crippen LogP contribution in [0.3, 0.4) is 0 Å². The Labute approximate surface area is 133 Å². The molecule has 0 radical (unpaired) electrons. The molecular weight excluding hydrogens is 338 g/mol. The number of ether oxygens (including phenoxy) is 2. The van der Waals surface area contributed by atoms with Crippen molar-refractivity contribution in [2.75, 3.05) is 33.4 Å². The van der Waals surface area contributed by atoms with Crippen LogP contribution in [0.4, 0.5) is 0 Å². The van der Waals surface area contributed by atoms with Gasteiger partial charge in [-0.05, 0) is 35.0 Å². The number of esters is 1. The van der Waals surface area contributed by atoms with E-state index in [1.54, 1.807) is 31.1 Å². The molecule has 0 N–H and O–H groups in total. The number of carbonyl (C=O) groups is 2. The van der Waals surface area contributed by atoms with Crippen molar-refractivity contribution in [2.45, 2.75) is 13.3 Å². The molecule has 0 aliphatic rings. The lowest BCUT2D eigenvalue weighted by Gasteiger charge is -2.22. The summed E-state index contributed by atoms with van der Waals surface area (Å²) in [6.07, 6.45) is 0.174. The highest BCUT2D eigenvalue weighted by Crippen LogP contribution is 2.18. The van der Waals surface area contributed by atoms with E-state index in [-0.39, 0.29) is 18.3 Å². The lowest BCUT2D eigenvalue weighted by Crippen LogP contribution is -2.36. The Balaban J connectivity index is 2.74. The van der Waals surface area contributed by atoms with Crippen LogP contribution in [-0.2, 0) is 14.3 Å². The summed E-state index contributed by atoms with van der Waals surface area (Å²) >= 11 is 3.37. The fraction of sp³-hybridized carbons (Fsp3) is 0.467. The minimum atomic E-state index is -0.306. The highest BCUT2D eigenvalue weighted by molar-refractivity contribution is 9.10. The molecule has 1 aromatic carbocycles. The molecule has 0 fully saturated rings. The van der Waals surface area contributed by atoms with Crippen LogP contribution >= 0.6 is 15.9 Å². The zero-order valence-electron chi connectivity index (χ0n) is 12.3. The maximum Gasteiger partial charge on any atom is 0.307 e. The maximum atomic E-state index is 12.5. The first-order valence-corrected chi connectivity index (χ1v) is 7.57. The molecule has 0 aliphatic carbocycles. The van der Waals surface area contributed by atoms with Gasteiger partial charge < -0.3 is 14.4 Å². The van der Waals surface area contributed by atoms with Crippen LogP contribution in [0.2, 0.25) is 0 Å². The van der Waals surface area contributed by atoms with Crippen molar-refractivity contribution < 1.29 is 19.1 Å². The van der Waals surface area contributed by atoms with Gasteiger partial charge in [0, 0.05) is 24.7 Å². The van der Waals surface area contributed by atoms with E-state index in [9.17, 15) is 9.59 Å². The van der Waals surface area contributed by atoms with E-state index in [1.165, 1.54) is 0 Å². The SMILES string of the molecule is CCOC(=O)CCN(CCOC)C(=O)c1ccccc1Br. The van der Waals surface area contributed by atoms with Crippen LogP contribution < -0.4 is 0 Å². The van der Waals surface area contributed by atoms with Crippen LogP contribution in [0.25, 0.3) is 0 Å². The van der Waals surface area contributed by atoms with Crippen molar-refractivity contribution in [1.29, 1.82) is 0 Å². The first kappa shape index (κ1) is 17.7. The molecule has 0 spiro atoms. The number of nitrogens with zero attached hydrogens (tertiary/aromatic N) is 1. The van der Waals surface area contributed by atoms with Crippen molar-refractivity contribution >= 4 is 27.8 Å².